The number of aliphatic imine (C=N–C) groups is 1. The first-order valence-corrected chi connectivity index (χ1v) is 21.8. The van der Waals surface area contributed by atoms with E-state index in [2.05, 4.69) is 71.5 Å². The van der Waals surface area contributed by atoms with Gasteiger partial charge in [0, 0.05) is 37.7 Å². The summed E-state index contributed by atoms with van der Waals surface area (Å²) in [7, 11) is 0. The second kappa shape index (κ2) is 31.1. The van der Waals surface area contributed by atoms with Gasteiger partial charge < -0.3 is 43.8 Å². The van der Waals surface area contributed by atoms with Crippen molar-refractivity contribution in [3.63, 3.8) is 0 Å². The van der Waals surface area contributed by atoms with Crippen molar-refractivity contribution in [3.8, 4) is 0 Å². The molecule has 3 atom stereocenters. The number of allylic oxidation sites excluding steroid dienone is 1. The molecule has 2 aliphatic rings. The predicted molar refractivity (Wildman–Crippen MR) is 240 cm³/mol. The van der Waals surface area contributed by atoms with Crippen molar-refractivity contribution in [2.45, 2.75) is 129 Å². The summed E-state index contributed by atoms with van der Waals surface area (Å²) < 4.78 is 0. The van der Waals surface area contributed by atoms with Gasteiger partial charge in [0.15, 0.2) is 5.96 Å². The van der Waals surface area contributed by atoms with Gasteiger partial charge >= 0.3 is 0 Å². The normalized spacial score (nSPS) is 15.7. The zero-order valence-electron chi connectivity index (χ0n) is 36.1. The van der Waals surface area contributed by atoms with E-state index in [9.17, 15) is 28.8 Å². The molecule has 1 aliphatic heterocycles. The molecular weight excluding hydrogens is 771 g/mol. The third kappa shape index (κ3) is 26.7. The molecule has 3 rings (SSSR count). The van der Waals surface area contributed by atoms with Gasteiger partial charge in [-0.25, -0.2) is 0 Å². The van der Waals surface area contributed by atoms with E-state index in [-0.39, 0.29) is 47.7 Å². The minimum Gasteiger partial charge on any atom is -0.370 e. The van der Waals surface area contributed by atoms with Crippen LogP contribution in [0.15, 0.2) is 48.5 Å². The maximum Gasteiger partial charge on any atom is 0.243 e. The van der Waals surface area contributed by atoms with Crippen LogP contribution >= 0.6 is 11.8 Å². The third-order valence-electron chi connectivity index (χ3n) is 9.34. The van der Waals surface area contributed by atoms with Crippen molar-refractivity contribution in [3.05, 3.63) is 54.6 Å². The maximum atomic E-state index is 12.6. The molecule has 6 amide bonds. The van der Waals surface area contributed by atoms with Crippen molar-refractivity contribution < 1.29 is 28.8 Å². The number of nitrogens with two attached hydrogens (primary N) is 4. The summed E-state index contributed by atoms with van der Waals surface area (Å²) in [5.74, 6) is 0.408. The molecule has 59 heavy (non-hydrogen) atoms. The molecule has 3 unspecified atom stereocenters. The van der Waals surface area contributed by atoms with Crippen molar-refractivity contribution >= 4 is 59.7 Å². The van der Waals surface area contributed by atoms with E-state index in [1.54, 1.807) is 11.0 Å². The van der Waals surface area contributed by atoms with E-state index in [0.29, 0.717) is 57.5 Å². The molecule has 0 bridgehead atoms. The van der Waals surface area contributed by atoms with Gasteiger partial charge in [0.05, 0.1) is 6.54 Å². The summed E-state index contributed by atoms with van der Waals surface area (Å²) in [4.78, 5) is 72.8. The van der Waals surface area contributed by atoms with Crippen LogP contribution in [0.5, 0.6) is 0 Å². The predicted octanol–water partition coefficient (Wildman–Crippen LogP) is 3.89. The molecule has 332 valence electrons. The summed E-state index contributed by atoms with van der Waals surface area (Å²) in [5.41, 5.74) is 22.9. The number of hydrogen-bond donors (Lipinski definition) is 7. The average molecular weight is 844 g/mol. The highest BCUT2D eigenvalue weighted by atomic mass is 32.2. The second-order valence-electron chi connectivity index (χ2n) is 15.8. The highest BCUT2D eigenvalue weighted by Crippen LogP contribution is 2.27. The van der Waals surface area contributed by atoms with Crippen LogP contribution in [0.4, 0.5) is 0 Å². The van der Waals surface area contributed by atoms with Crippen LogP contribution < -0.4 is 38.9 Å². The molecule has 1 aliphatic carbocycles. The first kappa shape index (κ1) is 54.1. The number of hydrogen-bond acceptors (Lipinski definition) is 8. The van der Waals surface area contributed by atoms with E-state index in [1.807, 2.05) is 38.6 Å². The fourth-order valence-corrected chi connectivity index (χ4v) is 6.96. The number of likely N-dealkylation sites (tertiary alicyclic amines) is 1. The Labute approximate surface area is 356 Å². The topological polar surface area (TPSA) is 258 Å². The zero-order chi connectivity index (χ0) is 44.8. The van der Waals surface area contributed by atoms with Crippen LogP contribution in [-0.4, -0.2) is 90.8 Å². The molecule has 1 aromatic rings. The van der Waals surface area contributed by atoms with E-state index in [1.165, 1.54) is 43.2 Å². The molecule has 0 radical (unpaired) electrons. The standard InChI is InChI=1S/C18H30N2O2.C10H12S.C9H18N6O3.C6H13NO/c1-3-4-12-17(21)20-13-8-11-16(20)18(22)19-14(2)15-9-6-5-7-10-15;1-3-9-5-4-6-10(7-9)8-11-2;10-8(18)6(2-1-3-14-9(11)12)15-7(17)4-13-5-16;1-6(2,3)4-5(7)8/h3,14-16H,1,4-13H2,2H3,(H,19,22);3-7H,1,8H2,2H3;5-6H,1-4H2,(H2,10,18)(H,13,16)(H,15,17)(H4,11,12,14);4H2,1-3H3,(H2,7,8). The maximum absolute atomic E-state index is 12.6. The number of guanidine groups is 1. The molecule has 11 N–H and O–H groups in total. The van der Waals surface area contributed by atoms with Crippen LogP contribution in [0.1, 0.15) is 116 Å². The largest absolute Gasteiger partial charge is 0.370 e. The first-order chi connectivity index (χ1) is 27.9. The lowest BCUT2D eigenvalue weighted by Gasteiger charge is -2.31. The third-order valence-corrected chi connectivity index (χ3v) is 9.96. The monoisotopic (exact) mass is 844 g/mol. The van der Waals surface area contributed by atoms with Gasteiger partial charge in [-0.3, -0.25) is 33.8 Å². The molecule has 0 aromatic heterocycles. The van der Waals surface area contributed by atoms with Gasteiger partial charge in [0.2, 0.25) is 35.9 Å². The van der Waals surface area contributed by atoms with Gasteiger partial charge in [0.1, 0.15) is 12.1 Å². The number of nitrogens with zero attached hydrogens (tertiary/aromatic N) is 2. The van der Waals surface area contributed by atoms with Crippen LogP contribution in [-0.2, 0) is 34.5 Å². The summed E-state index contributed by atoms with van der Waals surface area (Å²) in [6.07, 6.45) is 16.6. The van der Waals surface area contributed by atoms with Gasteiger partial charge in [-0.05, 0) is 80.6 Å². The molecule has 1 saturated heterocycles. The average Bonchev–Trinajstić information content (AvgIpc) is 3.68. The molecule has 1 heterocycles. The van der Waals surface area contributed by atoms with Crippen molar-refractivity contribution in [1.82, 2.24) is 20.9 Å². The summed E-state index contributed by atoms with van der Waals surface area (Å²) in [5, 5.41) is 7.75. The van der Waals surface area contributed by atoms with Crippen LogP contribution in [0.2, 0.25) is 0 Å². The van der Waals surface area contributed by atoms with Gasteiger partial charge in [-0.2, -0.15) is 11.8 Å². The van der Waals surface area contributed by atoms with Crippen molar-refractivity contribution in [1.29, 1.82) is 0 Å². The van der Waals surface area contributed by atoms with Crippen molar-refractivity contribution in [2.24, 2.45) is 39.3 Å². The lowest BCUT2D eigenvalue weighted by molar-refractivity contribution is -0.138. The van der Waals surface area contributed by atoms with Gasteiger partial charge in [-0.15, -0.1) is 6.58 Å². The number of nitrogens with one attached hydrogen (secondary N) is 3. The van der Waals surface area contributed by atoms with Crippen molar-refractivity contribution in [2.75, 3.05) is 25.9 Å². The second-order valence-corrected chi connectivity index (χ2v) is 16.7. The Morgan fingerprint density at radius 2 is 1.68 bits per heavy atom. The number of amides is 6. The molecule has 16 heteroatoms. The molecule has 1 saturated carbocycles. The fourth-order valence-electron chi connectivity index (χ4n) is 6.45. The van der Waals surface area contributed by atoms with Crippen LogP contribution in [0, 0.1) is 11.3 Å². The first-order valence-electron chi connectivity index (χ1n) is 20.4. The number of carbonyl (C=O) groups excluding carboxylic acids is 6. The minimum atomic E-state index is -0.805. The Balaban J connectivity index is 0.000000814. The number of rotatable bonds is 19. The van der Waals surface area contributed by atoms with Gasteiger partial charge in [-0.1, -0.05) is 83.0 Å². The Morgan fingerprint density at radius 3 is 2.20 bits per heavy atom. The van der Waals surface area contributed by atoms with Crippen LogP contribution in [0.25, 0.3) is 6.08 Å². The number of carbonyl (C=O) groups is 6. The number of thioether (sulfide) groups is 1. The minimum absolute atomic E-state index is 0.0372. The quantitative estimate of drug-likeness (QED) is 0.0350. The van der Waals surface area contributed by atoms with E-state index >= 15 is 0 Å². The lowest BCUT2D eigenvalue weighted by atomic mass is 9.84. The molecule has 1 aromatic carbocycles. The van der Waals surface area contributed by atoms with E-state index in [4.69, 9.17) is 22.9 Å². The van der Waals surface area contributed by atoms with Crippen LogP contribution in [0.3, 0.4) is 0 Å². The Hall–Kier alpha value is -4.86. The lowest BCUT2D eigenvalue weighted by Crippen LogP contribution is -2.49. The highest BCUT2D eigenvalue weighted by molar-refractivity contribution is 7.97. The molecule has 0 spiro atoms. The molecule has 2 fully saturated rings. The zero-order valence-corrected chi connectivity index (χ0v) is 37.0. The molecular formula is C43H73N9O6S. The van der Waals surface area contributed by atoms with Gasteiger partial charge in [0.25, 0.3) is 0 Å². The van der Waals surface area contributed by atoms with E-state index in [0.717, 1.165) is 18.6 Å². The number of benzene rings is 1. The SMILES string of the molecule is C=CCCC(=O)N1CCCC1C(=O)NC(C)C1CCCCC1.C=Cc1cccc(CSC)c1.CC(C)(C)CC(N)=O.NC(=O)C(CCCN=C(N)N)NC(=O)CNC=O. The summed E-state index contributed by atoms with van der Waals surface area (Å²) in [6, 6.07) is 7.61. The van der Waals surface area contributed by atoms with E-state index < -0.39 is 17.9 Å². The summed E-state index contributed by atoms with van der Waals surface area (Å²) >= 11 is 1.84. The number of primary amides is 2. The Morgan fingerprint density at radius 1 is 1.00 bits per heavy atom. The Kier molecular flexibility index (Phi) is 28.6. The smallest absolute Gasteiger partial charge is 0.243 e. The fraction of sp³-hybridized carbons (Fsp3) is 0.605. The highest BCUT2D eigenvalue weighted by Gasteiger charge is 2.35. The molecule has 15 nitrogen and oxygen atoms in total. The summed E-state index contributed by atoms with van der Waals surface area (Å²) in [6.45, 7) is 16.3. The Bertz CT molecular complexity index is 1490.